The Hall–Kier alpha value is -2.24. The number of amides is 2. The van der Waals surface area contributed by atoms with E-state index in [1.54, 1.807) is 16.9 Å². The molecule has 138 valence electrons. The van der Waals surface area contributed by atoms with Gasteiger partial charge in [-0.15, -0.1) is 0 Å². The quantitative estimate of drug-likeness (QED) is 0.825. The van der Waals surface area contributed by atoms with Gasteiger partial charge in [-0.25, -0.2) is 4.79 Å². The molecule has 1 heterocycles. The molecule has 0 aliphatic carbocycles. The summed E-state index contributed by atoms with van der Waals surface area (Å²) >= 11 is 0. The van der Waals surface area contributed by atoms with Crippen molar-refractivity contribution < 1.29 is 19.1 Å². The molecule has 6 nitrogen and oxygen atoms in total. The summed E-state index contributed by atoms with van der Waals surface area (Å²) in [5, 5.41) is 0. The Morgan fingerprint density at radius 1 is 1.00 bits per heavy atom. The van der Waals surface area contributed by atoms with Crippen molar-refractivity contribution in [3.8, 4) is 5.75 Å². The molecular formula is C19H28N2O4. The van der Waals surface area contributed by atoms with Crippen molar-refractivity contribution in [3.63, 3.8) is 0 Å². The van der Waals surface area contributed by atoms with Crippen LogP contribution < -0.4 is 4.74 Å². The summed E-state index contributed by atoms with van der Waals surface area (Å²) in [6.07, 6.45) is -0.345. The van der Waals surface area contributed by atoms with Crippen LogP contribution in [0.5, 0.6) is 5.75 Å². The van der Waals surface area contributed by atoms with Crippen molar-refractivity contribution in [2.24, 2.45) is 0 Å². The van der Waals surface area contributed by atoms with Gasteiger partial charge < -0.3 is 19.3 Å². The molecule has 6 heteroatoms. The van der Waals surface area contributed by atoms with E-state index in [4.69, 9.17) is 9.47 Å². The molecule has 1 aromatic rings. The molecule has 1 aliphatic heterocycles. The van der Waals surface area contributed by atoms with Crippen LogP contribution in [0.4, 0.5) is 4.79 Å². The second-order valence-corrected chi connectivity index (χ2v) is 7.37. The predicted octanol–water partition coefficient (Wildman–Crippen LogP) is 2.83. The molecule has 1 fully saturated rings. The van der Waals surface area contributed by atoms with Gasteiger partial charge in [0, 0.05) is 37.3 Å². The molecule has 1 aliphatic rings. The zero-order valence-electron chi connectivity index (χ0n) is 16.0. The van der Waals surface area contributed by atoms with Gasteiger partial charge in [0.15, 0.2) is 0 Å². The van der Waals surface area contributed by atoms with Gasteiger partial charge in [0.1, 0.15) is 5.75 Å². The summed E-state index contributed by atoms with van der Waals surface area (Å²) in [6, 6.07) is 3.88. The first-order chi connectivity index (χ1) is 11.7. The number of benzene rings is 1. The fourth-order valence-corrected chi connectivity index (χ4v) is 3.06. The minimum Gasteiger partial charge on any atom is -0.496 e. The molecule has 0 spiro atoms. The fourth-order valence-electron chi connectivity index (χ4n) is 3.06. The number of methoxy groups -OCH3 is 2. The van der Waals surface area contributed by atoms with Gasteiger partial charge in [0.05, 0.1) is 14.2 Å². The fraction of sp³-hybridized carbons (Fsp3) is 0.579. The number of carbonyl (C=O) groups is 2. The monoisotopic (exact) mass is 348 g/mol. The maximum Gasteiger partial charge on any atom is 0.409 e. The normalized spacial score (nSPS) is 15.1. The number of hydrogen-bond donors (Lipinski definition) is 0. The minimum absolute atomic E-state index is 0.00447. The Morgan fingerprint density at radius 3 is 2.04 bits per heavy atom. The highest BCUT2D eigenvalue weighted by Gasteiger charge is 2.28. The maximum atomic E-state index is 13.0. The van der Waals surface area contributed by atoms with Crippen molar-refractivity contribution in [1.82, 2.24) is 9.80 Å². The summed E-state index contributed by atoms with van der Waals surface area (Å²) < 4.78 is 10.2. The SMILES string of the molecule is COC(=O)N1CCN(C(=O)c2cc(C(C)(C)C)c(OC)cc2C)CC1. The van der Waals surface area contributed by atoms with Gasteiger partial charge in [0.2, 0.25) is 0 Å². The molecule has 1 aromatic carbocycles. The topological polar surface area (TPSA) is 59.1 Å². The molecule has 2 rings (SSSR count). The van der Waals surface area contributed by atoms with Crippen molar-refractivity contribution in [1.29, 1.82) is 0 Å². The third kappa shape index (κ3) is 4.06. The highest BCUT2D eigenvalue weighted by atomic mass is 16.5. The summed E-state index contributed by atoms with van der Waals surface area (Å²) in [4.78, 5) is 28.0. The first-order valence-corrected chi connectivity index (χ1v) is 8.50. The highest BCUT2D eigenvalue weighted by Crippen LogP contribution is 2.34. The number of nitrogens with zero attached hydrogens (tertiary/aromatic N) is 2. The lowest BCUT2D eigenvalue weighted by molar-refractivity contribution is 0.0599. The molecule has 1 saturated heterocycles. The lowest BCUT2D eigenvalue weighted by Gasteiger charge is -2.34. The first kappa shape index (κ1) is 19.1. The molecule has 0 aromatic heterocycles. The first-order valence-electron chi connectivity index (χ1n) is 8.50. The van der Waals surface area contributed by atoms with Crippen LogP contribution in [-0.4, -0.2) is 62.2 Å². The molecule has 0 N–H and O–H groups in total. The van der Waals surface area contributed by atoms with Crippen LogP contribution in [-0.2, 0) is 10.2 Å². The Kier molecular flexibility index (Phi) is 5.60. The van der Waals surface area contributed by atoms with Crippen LogP contribution in [0.3, 0.4) is 0 Å². The molecule has 25 heavy (non-hydrogen) atoms. The van der Waals surface area contributed by atoms with E-state index in [1.807, 2.05) is 19.1 Å². The van der Waals surface area contributed by atoms with Gasteiger partial charge in [-0.2, -0.15) is 0 Å². The molecule has 0 saturated carbocycles. The lowest BCUT2D eigenvalue weighted by atomic mass is 9.84. The Morgan fingerprint density at radius 2 is 1.56 bits per heavy atom. The van der Waals surface area contributed by atoms with Gasteiger partial charge in [-0.3, -0.25) is 4.79 Å². The van der Waals surface area contributed by atoms with E-state index >= 15 is 0 Å². The molecule has 2 amide bonds. The summed E-state index contributed by atoms with van der Waals surface area (Å²) in [5.74, 6) is 0.798. The van der Waals surface area contributed by atoms with E-state index in [2.05, 4.69) is 20.8 Å². The molecule has 0 bridgehead atoms. The largest absolute Gasteiger partial charge is 0.496 e. The second-order valence-electron chi connectivity index (χ2n) is 7.37. The van der Waals surface area contributed by atoms with Gasteiger partial charge in [-0.05, 0) is 30.0 Å². The molecule has 0 atom stereocenters. The van der Waals surface area contributed by atoms with Crippen molar-refractivity contribution in [3.05, 3.63) is 28.8 Å². The standard InChI is InChI=1S/C19H28N2O4/c1-13-11-16(24-5)15(19(2,3)4)12-14(13)17(22)20-7-9-21(10-8-20)18(23)25-6/h11-12H,7-10H2,1-6H3. The van der Waals surface area contributed by atoms with Crippen molar-refractivity contribution in [2.45, 2.75) is 33.1 Å². The average molecular weight is 348 g/mol. The Bertz CT molecular complexity index is 656. The average Bonchev–Trinajstić information content (AvgIpc) is 2.59. The van der Waals surface area contributed by atoms with Crippen LogP contribution in [0.2, 0.25) is 0 Å². The Balaban J connectivity index is 2.24. The third-order valence-corrected chi connectivity index (χ3v) is 4.58. The van der Waals surface area contributed by atoms with E-state index in [-0.39, 0.29) is 17.4 Å². The van der Waals surface area contributed by atoms with E-state index in [1.165, 1.54) is 7.11 Å². The van der Waals surface area contributed by atoms with E-state index in [0.717, 1.165) is 16.9 Å². The second kappa shape index (κ2) is 7.33. The van der Waals surface area contributed by atoms with E-state index in [0.29, 0.717) is 31.7 Å². The summed E-state index contributed by atoms with van der Waals surface area (Å²) in [5.41, 5.74) is 2.47. The number of hydrogen-bond acceptors (Lipinski definition) is 4. The van der Waals surface area contributed by atoms with Gasteiger partial charge >= 0.3 is 6.09 Å². The number of carbonyl (C=O) groups excluding carboxylic acids is 2. The van der Waals surface area contributed by atoms with Crippen LogP contribution in [0.25, 0.3) is 0 Å². The zero-order valence-corrected chi connectivity index (χ0v) is 16.0. The zero-order chi connectivity index (χ0) is 18.8. The van der Waals surface area contributed by atoms with E-state index < -0.39 is 0 Å². The minimum atomic E-state index is -0.345. The van der Waals surface area contributed by atoms with Gasteiger partial charge in [-0.1, -0.05) is 20.8 Å². The van der Waals surface area contributed by atoms with Crippen molar-refractivity contribution >= 4 is 12.0 Å². The number of aryl methyl sites for hydroxylation is 1. The van der Waals surface area contributed by atoms with E-state index in [9.17, 15) is 9.59 Å². The van der Waals surface area contributed by atoms with Crippen LogP contribution >= 0.6 is 0 Å². The number of piperazine rings is 1. The smallest absolute Gasteiger partial charge is 0.409 e. The molecule has 0 unspecified atom stereocenters. The molecular weight excluding hydrogens is 320 g/mol. The van der Waals surface area contributed by atoms with Crippen LogP contribution in [0.15, 0.2) is 12.1 Å². The van der Waals surface area contributed by atoms with Crippen molar-refractivity contribution in [2.75, 3.05) is 40.4 Å². The summed E-state index contributed by atoms with van der Waals surface area (Å²) in [7, 11) is 3.02. The third-order valence-electron chi connectivity index (χ3n) is 4.58. The highest BCUT2D eigenvalue weighted by molar-refractivity contribution is 5.96. The van der Waals surface area contributed by atoms with Crippen LogP contribution in [0, 0.1) is 6.92 Å². The Labute approximate surface area is 149 Å². The number of rotatable bonds is 2. The van der Waals surface area contributed by atoms with Gasteiger partial charge in [0.25, 0.3) is 5.91 Å². The summed E-state index contributed by atoms with van der Waals surface area (Å²) in [6.45, 7) is 10.2. The maximum absolute atomic E-state index is 13.0. The van der Waals surface area contributed by atoms with Crippen LogP contribution in [0.1, 0.15) is 42.3 Å². The predicted molar refractivity (Wildman–Crippen MR) is 96.3 cm³/mol. The number of ether oxygens (including phenoxy) is 2. The lowest BCUT2D eigenvalue weighted by Crippen LogP contribution is -2.50. The molecule has 0 radical (unpaired) electrons.